The summed E-state index contributed by atoms with van der Waals surface area (Å²) in [5.41, 5.74) is 5.22. The van der Waals surface area contributed by atoms with Gasteiger partial charge in [0.1, 0.15) is 35.7 Å². The Bertz CT molecular complexity index is 1330. The first-order valence-electron chi connectivity index (χ1n) is 13.0. The lowest BCUT2D eigenvalue weighted by atomic mass is 9.85. The molecule has 0 amide bonds. The van der Waals surface area contributed by atoms with Gasteiger partial charge in [0, 0.05) is 29.3 Å². The van der Waals surface area contributed by atoms with E-state index in [1.165, 1.54) is 6.42 Å². The molecule has 192 valence electrons. The van der Waals surface area contributed by atoms with E-state index in [-0.39, 0.29) is 11.5 Å². The number of likely N-dealkylation sites (tertiary alicyclic amines) is 1. The fraction of sp³-hybridized carbons (Fsp3) is 0.312. The van der Waals surface area contributed by atoms with Crippen molar-refractivity contribution in [3.05, 3.63) is 89.5 Å². The molecule has 0 radical (unpaired) electrons. The van der Waals surface area contributed by atoms with E-state index in [1.807, 2.05) is 49.4 Å². The van der Waals surface area contributed by atoms with Crippen LogP contribution in [-0.4, -0.2) is 40.9 Å². The second-order valence-electron chi connectivity index (χ2n) is 10.3. The number of aromatic hydroxyl groups is 2. The zero-order chi connectivity index (χ0) is 26.1. The molecule has 5 heteroatoms. The first kappa shape index (κ1) is 25.0. The van der Waals surface area contributed by atoms with Crippen LogP contribution in [0.2, 0.25) is 0 Å². The van der Waals surface area contributed by atoms with Gasteiger partial charge in [-0.1, -0.05) is 43.8 Å². The van der Waals surface area contributed by atoms with Crippen molar-refractivity contribution in [3.8, 4) is 23.0 Å². The van der Waals surface area contributed by atoms with Crippen LogP contribution in [0.3, 0.4) is 0 Å². The van der Waals surface area contributed by atoms with Gasteiger partial charge < -0.3 is 19.7 Å². The van der Waals surface area contributed by atoms with Crippen molar-refractivity contribution in [2.75, 3.05) is 19.7 Å². The molecule has 3 aromatic carbocycles. The Balaban J connectivity index is 1.44. The number of nitrogens with zero attached hydrogens (tertiary/aromatic N) is 1. The summed E-state index contributed by atoms with van der Waals surface area (Å²) in [6.07, 6.45) is 2.48. The monoisotopic (exact) mass is 497 g/mol. The van der Waals surface area contributed by atoms with Gasteiger partial charge in [0.15, 0.2) is 0 Å². The summed E-state index contributed by atoms with van der Waals surface area (Å²) in [5.74, 6) is 2.62. The number of allylic oxidation sites excluding steroid dienone is 1. The third-order valence-corrected chi connectivity index (χ3v) is 7.57. The third-order valence-electron chi connectivity index (χ3n) is 7.57. The van der Waals surface area contributed by atoms with Crippen LogP contribution < -0.4 is 9.47 Å². The van der Waals surface area contributed by atoms with Gasteiger partial charge in [-0.3, -0.25) is 4.90 Å². The fourth-order valence-corrected chi connectivity index (χ4v) is 5.37. The Morgan fingerprint density at radius 3 is 2.59 bits per heavy atom. The normalized spacial score (nSPS) is 20.3. The van der Waals surface area contributed by atoms with E-state index in [0.717, 1.165) is 52.6 Å². The van der Waals surface area contributed by atoms with Gasteiger partial charge in [0.2, 0.25) is 0 Å². The van der Waals surface area contributed by atoms with Gasteiger partial charge in [0.25, 0.3) is 0 Å². The van der Waals surface area contributed by atoms with Gasteiger partial charge in [-0.2, -0.15) is 0 Å². The second kappa shape index (κ2) is 10.3. The van der Waals surface area contributed by atoms with Crippen molar-refractivity contribution < 1.29 is 19.7 Å². The maximum absolute atomic E-state index is 10.5. The number of rotatable bonds is 7. The van der Waals surface area contributed by atoms with Crippen LogP contribution in [0, 0.1) is 5.92 Å². The van der Waals surface area contributed by atoms with Crippen LogP contribution >= 0.6 is 0 Å². The van der Waals surface area contributed by atoms with Crippen molar-refractivity contribution >= 4 is 17.2 Å². The number of hydrogen-bond donors (Lipinski definition) is 2. The third kappa shape index (κ3) is 5.09. The molecule has 0 aromatic heterocycles. The number of benzene rings is 3. The number of fused-ring (bicyclic) bond motifs is 1. The fourth-order valence-electron chi connectivity index (χ4n) is 5.37. The van der Waals surface area contributed by atoms with Crippen LogP contribution in [-0.2, 0) is 0 Å². The Morgan fingerprint density at radius 2 is 1.92 bits per heavy atom. The molecule has 37 heavy (non-hydrogen) atoms. The van der Waals surface area contributed by atoms with Crippen molar-refractivity contribution in [1.82, 2.24) is 4.90 Å². The van der Waals surface area contributed by atoms with Crippen LogP contribution in [0.25, 0.3) is 17.2 Å². The summed E-state index contributed by atoms with van der Waals surface area (Å²) in [4.78, 5) is 2.50. The van der Waals surface area contributed by atoms with Gasteiger partial charge in [0.05, 0.1) is 0 Å². The van der Waals surface area contributed by atoms with E-state index < -0.39 is 6.10 Å². The summed E-state index contributed by atoms with van der Waals surface area (Å²) in [5, 5.41) is 20.7. The summed E-state index contributed by atoms with van der Waals surface area (Å²) in [6, 6.07) is 19.2. The highest BCUT2D eigenvalue weighted by molar-refractivity contribution is 5.96. The summed E-state index contributed by atoms with van der Waals surface area (Å²) >= 11 is 0. The zero-order valence-electron chi connectivity index (χ0n) is 21.8. The quantitative estimate of drug-likeness (QED) is 0.371. The Morgan fingerprint density at radius 1 is 1.14 bits per heavy atom. The van der Waals surface area contributed by atoms with Crippen molar-refractivity contribution in [1.29, 1.82) is 0 Å². The van der Waals surface area contributed by atoms with Gasteiger partial charge >= 0.3 is 0 Å². The van der Waals surface area contributed by atoms with Crippen molar-refractivity contribution in [2.24, 2.45) is 5.92 Å². The van der Waals surface area contributed by atoms with E-state index >= 15 is 0 Å². The molecule has 5 nitrogen and oxygen atoms in total. The molecule has 2 aliphatic heterocycles. The lowest BCUT2D eigenvalue weighted by molar-refractivity contribution is 0.169. The molecule has 5 rings (SSSR count). The number of ether oxygens (including phenoxy) is 2. The highest BCUT2D eigenvalue weighted by atomic mass is 16.5. The van der Waals surface area contributed by atoms with Crippen LogP contribution in [0.1, 0.15) is 55.5 Å². The molecule has 0 spiro atoms. The molecule has 2 heterocycles. The highest BCUT2D eigenvalue weighted by Crippen LogP contribution is 2.48. The van der Waals surface area contributed by atoms with Crippen LogP contribution in [0.5, 0.6) is 23.0 Å². The smallest absolute Gasteiger partial charge is 0.150 e. The highest BCUT2D eigenvalue weighted by Gasteiger charge is 2.30. The van der Waals surface area contributed by atoms with E-state index in [4.69, 9.17) is 9.47 Å². The van der Waals surface area contributed by atoms with Gasteiger partial charge in [-0.15, -0.1) is 0 Å². The minimum Gasteiger partial charge on any atom is -0.508 e. The lowest BCUT2D eigenvalue weighted by Gasteiger charge is -2.31. The first-order chi connectivity index (χ1) is 17.8. The standard InChI is InChI=1S/C32H35NO4/c1-5-23-16-30-28(17-29(23)35)22(4)31(25-7-6-8-26(34)15-25)32(37-30)24-9-11-27(12-10-24)36-19-21(3)33-14-13-20(2)18-33/h5-12,15-17,20-21,32,34-35H,1,13-14,18-19H2,2-4H3. The van der Waals surface area contributed by atoms with Crippen LogP contribution in [0.15, 0.2) is 67.2 Å². The Kier molecular flexibility index (Phi) is 6.98. The summed E-state index contributed by atoms with van der Waals surface area (Å²) < 4.78 is 12.7. The SMILES string of the molecule is C=Cc1cc2c(cc1O)C(C)=C(c1cccc(O)c1)C(c1ccc(OCC(C)N3CCC(C)C3)cc1)O2. The minimum atomic E-state index is -0.393. The maximum atomic E-state index is 10.5. The van der Waals surface area contributed by atoms with Crippen molar-refractivity contribution in [2.45, 2.75) is 39.3 Å². The van der Waals surface area contributed by atoms with Gasteiger partial charge in [-0.25, -0.2) is 0 Å². The van der Waals surface area contributed by atoms with E-state index in [0.29, 0.717) is 24.0 Å². The molecule has 0 bridgehead atoms. The Hall–Kier alpha value is -3.70. The van der Waals surface area contributed by atoms with Gasteiger partial charge in [-0.05, 0) is 85.8 Å². The number of phenolic OH excluding ortho intramolecular Hbond substituents is 2. The molecule has 3 unspecified atom stereocenters. The number of hydrogen-bond acceptors (Lipinski definition) is 5. The molecule has 3 atom stereocenters. The molecule has 2 N–H and O–H groups in total. The molecule has 0 aliphatic carbocycles. The predicted octanol–water partition coefficient (Wildman–Crippen LogP) is 6.91. The summed E-state index contributed by atoms with van der Waals surface area (Å²) in [7, 11) is 0. The molecule has 1 saturated heterocycles. The topological polar surface area (TPSA) is 62.2 Å². The largest absolute Gasteiger partial charge is 0.508 e. The molecule has 3 aromatic rings. The predicted molar refractivity (Wildman–Crippen MR) is 149 cm³/mol. The van der Waals surface area contributed by atoms with E-state index in [9.17, 15) is 10.2 Å². The molecule has 1 fully saturated rings. The van der Waals surface area contributed by atoms with Crippen molar-refractivity contribution in [3.63, 3.8) is 0 Å². The maximum Gasteiger partial charge on any atom is 0.150 e. The zero-order valence-corrected chi connectivity index (χ0v) is 21.8. The molecular weight excluding hydrogens is 462 g/mol. The second-order valence-corrected chi connectivity index (χ2v) is 10.3. The molecular formula is C32H35NO4. The van der Waals surface area contributed by atoms with E-state index in [1.54, 1.807) is 24.3 Å². The molecule has 0 saturated carbocycles. The Labute approximate surface area is 219 Å². The minimum absolute atomic E-state index is 0.157. The lowest BCUT2D eigenvalue weighted by Crippen LogP contribution is -2.35. The number of phenols is 2. The molecule has 2 aliphatic rings. The van der Waals surface area contributed by atoms with Crippen LogP contribution in [0.4, 0.5) is 0 Å². The first-order valence-corrected chi connectivity index (χ1v) is 13.0. The average Bonchev–Trinajstić information content (AvgIpc) is 3.34. The summed E-state index contributed by atoms with van der Waals surface area (Å²) in [6.45, 7) is 13.3. The average molecular weight is 498 g/mol. The van der Waals surface area contributed by atoms with E-state index in [2.05, 4.69) is 25.3 Å².